The van der Waals surface area contributed by atoms with Gasteiger partial charge in [0.05, 0.1) is 0 Å². The van der Waals surface area contributed by atoms with Crippen LogP contribution in [0.25, 0.3) is 10.9 Å². The van der Waals surface area contributed by atoms with Crippen LogP contribution in [0.4, 0.5) is 0 Å². The molecule has 0 unspecified atom stereocenters. The molecule has 2 heteroatoms. The van der Waals surface area contributed by atoms with Gasteiger partial charge in [-0.1, -0.05) is 6.07 Å². The van der Waals surface area contributed by atoms with Gasteiger partial charge < -0.3 is 4.98 Å². The summed E-state index contributed by atoms with van der Waals surface area (Å²) < 4.78 is 0. The molecule has 45 valence electrons. The van der Waals surface area contributed by atoms with E-state index in [0.717, 1.165) is 0 Å². The molecule has 0 fully saturated rings. The zero-order valence-electron chi connectivity index (χ0n) is 4.89. The minimum Gasteiger partial charge on any atom is -0.361 e. The monoisotopic (exact) mass is 140 g/mol. The third-order valence-corrected chi connectivity index (χ3v) is 1.40. The zero-order valence-corrected chi connectivity index (χ0v) is 4.89. The Kier molecular flexibility index (Phi) is 2.55. The SMILES string of the molecule is [NaH].[c]1ccc2[nH]ccc2c1. The van der Waals surface area contributed by atoms with Crippen LogP contribution in [0.3, 0.4) is 0 Å². The number of H-pyrrole nitrogens is 1. The van der Waals surface area contributed by atoms with Gasteiger partial charge in [-0.05, 0) is 29.7 Å². The fourth-order valence-corrected chi connectivity index (χ4v) is 0.934. The average molecular weight is 140 g/mol. The number of aromatic nitrogens is 1. The van der Waals surface area contributed by atoms with Gasteiger partial charge >= 0.3 is 29.6 Å². The summed E-state index contributed by atoms with van der Waals surface area (Å²) in [5, 5.41) is 1.22. The van der Waals surface area contributed by atoms with Crippen molar-refractivity contribution in [3.8, 4) is 0 Å². The predicted octanol–water partition coefficient (Wildman–Crippen LogP) is 1.32. The molecule has 0 amide bonds. The van der Waals surface area contributed by atoms with Gasteiger partial charge in [0, 0.05) is 11.7 Å². The molecule has 0 saturated heterocycles. The van der Waals surface area contributed by atoms with Crippen molar-refractivity contribution >= 4 is 40.5 Å². The van der Waals surface area contributed by atoms with Crippen molar-refractivity contribution in [2.24, 2.45) is 0 Å². The summed E-state index contributed by atoms with van der Waals surface area (Å²) in [6.07, 6.45) is 1.93. The molecule has 1 N–H and O–H groups in total. The number of nitrogens with one attached hydrogen (secondary N) is 1. The van der Waals surface area contributed by atoms with Crippen LogP contribution in [0.15, 0.2) is 30.5 Å². The number of hydrogen-bond acceptors (Lipinski definition) is 0. The van der Waals surface area contributed by atoms with E-state index in [0.29, 0.717) is 0 Å². The van der Waals surface area contributed by atoms with E-state index in [1.165, 1.54) is 10.9 Å². The van der Waals surface area contributed by atoms with E-state index in [2.05, 4.69) is 11.1 Å². The molecule has 2 rings (SSSR count). The van der Waals surface area contributed by atoms with Crippen molar-refractivity contribution in [3.05, 3.63) is 36.5 Å². The Bertz CT molecular complexity index is 283. The third kappa shape index (κ3) is 1.26. The molecular formula is C8H7NNa. The van der Waals surface area contributed by atoms with Gasteiger partial charge in [0.1, 0.15) is 0 Å². The van der Waals surface area contributed by atoms with Crippen LogP contribution in [0.2, 0.25) is 0 Å². The topological polar surface area (TPSA) is 15.8 Å². The Balaban J connectivity index is 0.000000500. The van der Waals surface area contributed by atoms with E-state index >= 15 is 0 Å². The first-order chi connectivity index (χ1) is 4.47. The Morgan fingerprint density at radius 1 is 1.30 bits per heavy atom. The Morgan fingerprint density at radius 2 is 2.20 bits per heavy atom. The summed E-state index contributed by atoms with van der Waals surface area (Å²) >= 11 is 0. The standard InChI is InChI=1S/C8H6N.Na.H/c1-2-4-8-7(3-1)5-6-9-8;;/h2-6,9H;;. The second kappa shape index (κ2) is 3.24. The van der Waals surface area contributed by atoms with E-state index in [1.54, 1.807) is 0 Å². The molecule has 10 heavy (non-hydrogen) atoms. The maximum Gasteiger partial charge on any atom is 0.0454 e. The van der Waals surface area contributed by atoms with Gasteiger partial charge in [-0.25, -0.2) is 0 Å². The maximum atomic E-state index is 3.10. The Hall–Kier alpha value is -0.240. The minimum absolute atomic E-state index is 0. The second-order valence-corrected chi connectivity index (χ2v) is 1.99. The van der Waals surface area contributed by atoms with Crippen LogP contribution < -0.4 is 0 Å². The zero-order chi connectivity index (χ0) is 6.10. The van der Waals surface area contributed by atoms with Crippen LogP contribution in [-0.2, 0) is 0 Å². The molecule has 2 aromatic rings. The van der Waals surface area contributed by atoms with Crippen molar-refractivity contribution < 1.29 is 0 Å². The number of hydrogen-bond donors (Lipinski definition) is 1. The predicted molar refractivity (Wildman–Crippen MR) is 44.3 cm³/mol. The number of benzene rings is 1. The molecule has 1 heterocycles. The quantitative estimate of drug-likeness (QED) is 0.531. The molecule has 0 aliphatic heterocycles. The molecule has 1 radical (unpaired) electrons. The summed E-state index contributed by atoms with van der Waals surface area (Å²) in [4.78, 5) is 3.10. The van der Waals surface area contributed by atoms with Gasteiger partial charge in [-0.3, -0.25) is 0 Å². The molecule has 1 aromatic heterocycles. The van der Waals surface area contributed by atoms with Crippen LogP contribution in [0, 0.1) is 6.07 Å². The summed E-state index contributed by atoms with van der Waals surface area (Å²) in [6, 6.07) is 10.9. The van der Waals surface area contributed by atoms with Crippen molar-refractivity contribution in [2.45, 2.75) is 0 Å². The second-order valence-electron chi connectivity index (χ2n) is 1.99. The van der Waals surface area contributed by atoms with E-state index in [9.17, 15) is 0 Å². The third-order valence-electron chi connectivity index (χ3n) is 1.40. The van der Waals surface area contributed by atoms with Crippen LogP contribution >= 0.6 is 0 Å². The molecule has 0 spiro atoms. The minimum atomic E-state index is 0. The number of rotatable bonds is 0. The fourth-order valence-electron chi connectivity index (χ4n) is 0.934. The molecule has 0 aliphatic rings. The fraction of sp³-hybridized carbons (Fsp3) is 0. The number of fused-ring (bicyclic) bond motifs is 1. The Morgan fingerprint density at radius 3 is 3.00 bits per heavy atom. The largest absolute Gasteiger partial charge is 0.361 e. The first-order valence-electron chi connectivity index (χ1n) is 2.90. The summed E-state index contributed by atoms with van der Waals surface area (Å²) in [6.45, 7) is 0. The van der Waals surface area contributed by atoms with Crippen molar-refractivity contribution in [2.75, 3.05) is 0 Å². The molecule has 1 nitrogen and oxygen atoms in total. The summed E-state index contributed by atoms with van der Waals surface area (Å²) in [5.41, 5.74) is 1.17. The molecule has 0 atom stereocenters. The summed E-state index contributed by atoms with van der Waals surface area (Å²) in [5.74, 6) is 0. The van der Waals surface area contributed by atoms with Gasteiger partial charge in [0.15, 0.2) is 0 Å². The molecule has 1 aromatic carbocycles. The van der Waals surface area contributed by atoms with Crippen LogP contribution in [-0.4, -0.2) is 34.5 Å². The van der Waals surface area contributed by atoms with Crippen molar-refractivity contribution in [1.82, 2.24) is 4.98 Å². The van der Waals surface area contributed by atoms with Crippen molar-refractivity contribution in [3.63, 3.8) is 0 Å². The molecular weight excluding hydrogens is 133 g/mol. The van der Waals surface area contributed by atoms with E-state index in [-0.39, 0.29) is 29.6 Å². The van der Waals surface area contributed by atoms with E-state index < -0.39 is 0 Å². The van der Waals surface area contributed by atoms with Crippen LogP contribution in [0.1, 0.15) is 0 Å². The van der Waals surface area contributed by atoms with E-state index in [4.69, 9.17) is 0 Å². The van der Waals surface area contributed by atoms with Gasteiger partial charge in [0.25, 0.3) is 0 Å². The first-order valence-corrected chi connectivity index (χ1v) is 2.90. The average Bonchev–Trinajstić information content (AvgIpc) is 2.33. The van der Waals surface area contributed by atoms with Crippen LogP contribution in [0.5, 0.6) is 0 Å². The van der Waals surface area contributed by atoms with Gasteiger partial charge in [-0.2, -0.15) is 0 Å². The maximum absolute atomic E-state index is 3.10. The number of aromatic amines is 1. The first kappa shape index (κ1) is 7.86. The molecule has 0 bridgehead atoms. The molecule has 0 aliphatic carbocycles. The summed E-state index contributed by atoms with van der Waals surface area (Å²) in [7, 11) is 0. The normalized spacial score (nSPS) is 9.20. The molecule has 0 saturated carbocycles. The van der Waals surface area contributed by atoms with Gasteiger partial charge in [-0.15, -0.1) is 0 Å². The van der Waals surface area contributed by atoms with E-state index in [1.807, 2.05) is 30.5 Å². The Labute approximate surface area is 81.7 Å². The van der Waals surface area contributed by atoms with Gasteiger partial charge in [0.2, 0.25) is 0 Å². The van der Waals surface area contributed by atoms with Crippen molar-refractivity contribution in [1.29, 1.82) is 0 Å². The smallest absolute Gasteiger partial charge is 0.0454 e.